The fraction of sp³-hybridized carbons (Fsp3) is 0. The van der Waals surface area contributed by atoms with Gasteiger partial charge in [-0.1, -0.05) is 6.58 Å². The van der Waals surface area contributed by atoms with Crippen molar-refractivity contribution in [3.8, 4) is 0 Å². The summed E-state index contributed by atoms with van der Waals surface area (Å²) in [5, 5.41) is 2.33. The normalized spacial score (nSPS) is 9.58. The zero-order chi connectivity index (χ0) is 9.14. The van der Waals surface area contributed by atoms with Crippen LogP contribution in [0.2, 0.25) is 0 Å². The molecule has 0 unspecified atom stereocenters. The third-order valence-electron chi connectivity index (χ3n) is 1.29. The minimum atomic E-state index is -1.48. The summed E-state index contributed by atoms with van der Waals surface area (Å²) in [6, 6.07) is 1.93. The second-order valence-electron chi connectivity index (χ2n) is 2.07. The Bertz CT molecular complexity index is 309. The molecule has 0 aliphatic carbocycles. The zero-order valence-electron chi connectivity index (χ0n) is 6.07. The van der Waals surface area contributed by atoms with Crippen LogP contribution >= 0.6 is 0 Å². The Morgan fingerprint density at radius 1 is 1.17 bits per heavy atom. The van der Waals surface area contributed by atoms with E-state index in [0.29, 0.717) is 0 Å². The van der Waals surface area contributed by atoms with Crippen molar-refractivity contribution in [3.05, 3.63) is 42.4 Å². The number of hydrogen-bond acceptors (Lipinski definition) is 1. The number of benzene rings is 1. The highest BCUT2D eigenvalue weighted by Crippen LogP contribution is 2.19. The second kappa shape index (κ2) is 3.30. The van der Waals surface area contributed by atoms with Gasteiger partial charge in [0.05, 0.1) is 5.69 Å². The first-order chi connectivity index (χ1) is 5.66. The van der Waals surface area contributed by atoms with E-state index >= 15 is 0 Å². The lowest BCUT2D eigenvalue weighted by molar-refractivity contribution is 0.449. The van der Waals surface area contributed by atoms with Crippen LogP contribution in [0, 0.1) is 17.5 Å². The van der Waals surface area contributed by atoms with Crippen LogP contribution in [0.3, 0.4) is 0 Å². The quantitative estimate of drug-likeness (QED) is 0.678. The molecule has 12 heavy (non-hydrogen) atoms. The fourth-order valence-corrected chi connectivity index (χ4v) is 0.747. The SMILES string of the molecule is C=CNc1ccc(F)c(F)c1F. The molecule has 0 atom stereocenters. The number of nitrogens with one attached hydrogen (secondary N) is 1. The molecule has 4 heteroatoms. The summed E-state index contributed by atoms with van der Waals surface area (Å²) in [5.41, 5.74) is -0.135. The highest BCUT2D eigenvalue weighted by Gasteiger charge is 2.11. The molecule has 0 saturated heterocycles. The van der Waals surface area contributed by atoms with Crippen molar-refractivity contribution in [1.82, 2.24) is 0 Å². The molecule has 1 aromatic rings. The van der Waals surface area contributed by atoms with E-state index in [2.05, 4.69) is 11.9 Å². The van der Waals surface area contributed by atoms with Crippen LogP contribution in [0.5, 0.6) is 0 Å². The van der Waals surface area contributed by atoms with Gasteiger partial charge in [0.1, 0.15) is 0 Å². The predicted octanol–water partition coefficient (Wildman–Crippen LogP) is 2.66. The van der Waals surface area contributed by atoms with Gasteiger partial charge >= 0.3 is 0 Å². The maximum Gasteiger partial charge on any atom is 0.196 e. The van der Waals surface area contributed by atoms with Crippen LogP contribution in [-0.2, 0) is 0 Å². The average Bonchev–Trinajstić information content (AvgIpc) is 2.07. The molecule has 0 aromatic heterocycles. The molecular weight excluding hydrogens is 167 g/mol. The van der Waals surface area contributed by atoms with E-state index in [0.717, 1.165) is 12.1 Å². The monoisotopic (exact) mass is 173 g/mol. The van der Waals surface area contributed by atoms with Gasteiger partial charge in [-0.2, -0.15) is 0 Å². The Morgan fingerprint density at radius 2 is 1.83 bits per heavy atom. The van der Waals surface area contributed by atoms with Gasteiger partial charge in [0.2, 0.25) is 0 Å². The molecule has 0 fully saturated rings. The maximum atomic E-state index is 12.7. The first-order valence-corrected chi connectivity index (χ1v) is 3.17. The van der Waals surface area contributed by atoms with Gasteiger partial charge in [0.15, 0.2) is 17.5 Å². The van der Waals surface area contributed by atoms with Crippen LogP contribution in [0.15, 0.2) is 24.9 Å². The van der Waals surface area contributed by atoms with Crippen molar-refractivity contribution < 1.29 is 13.2 Å². The van der Waals surface area contributed by atoms with Crippen molar-refractivity contribution in [3.63, 3.8) is 0 Å². The molecule has 0 saturated carbocycles. The van der Waals surface area contributed by atoms with E-state index in [4.69, 9.17) is 0 Å². The first kappa shape index (κ1) is 8.64. The molecule has 0 heterocycles. The Kier molecular flexibility index (Phi) is 2.38. The van der Waals surface area contributed by atoms with E-state index < -0.39 is 17.5 Å². The molecule has 0 aliphatic rings. The molecule has 1 rings (SSSR count). The number of hydrogen-bond donors (Lipinski definition) is 1. The van der Waals surface area contributed by atoms with E-state index in [1.54, 1.807) is 0 Å². The summed E-state index contributed by atoms with van der Waals surface area (Å²) in [4.78, 5) is 0. The summed E-state index contributed by atoms with van der Waals surface area (Å²) >= 11 is 0. The molecule has 0 amide bonds. The average molecular weight is 173 g/mol. The van der Waals surface area contributed by atoms with Gasteiger partial charge in [-0.25, -0.2) is 13.2 Å². The van der Waals surface area contributed by atoms with Crippen molar-refractivity contribution in [2.75, 3.05) is 5.32 Å². The van der Waals surface area contributed by atoms with Gasteiger partial charge in [0, 0.05) is 0 Å². The summed E-state index contributed by atoms with van der Waals surface area (Å²) in [5.74, 6) is -3.93. The molecule has 0 spiro atoms. The first-order valence-electron chi connectivity index (χ1n) is 3.17. The third-order valence-corrected chi connectivity index (χ3v) is 1.29. The maximum absolute atomic E-state index is 12.7. The third kappa shape index (κ3) is 1.42. The number of anilines is 1. The Labute approximate surface area is 67.5 Å². The summed E-state index contributed by atoms with van der Waals surface area (Å²) in [7, 11) is 0. The van der Waals surface area contributed by atoms with E-state index in [-0.39, 0.29) is 5.69 Å². The van der Waals surface area contributed by atoms with Gasteiger partial charge in [-0.15, -0.1) is 0 Å². The highest BCUT2D eigenvalue weighted by molar-refractivity contribution is 5.47. The Morgan fingerprint density at radius 3 is 2.42 bits per heavy atom. The largest absolute Gasteiger partial charge is 0.360 e. The molecule has 0 bridgehead atoms. The molecule has 1 N–H and O–H groups in total. The molecule has 1 aromatic carbocycles. The predicted molar refractivity (Wildman–Crippen MR) is 40.1 cm³/mol. The Balaban J connectivity index is 3.16. The topological polar surface area (TPSA) is 12.0 Å². The van der Waals surface area contributed by atoms with Crippen LogP contribution in [-0.4, -0.2) is 0 Å². The summed E-state index contributed by atoms with van der Waals surface area (Å²) in [6.45, 7) is 3.26. The van der Waals surface area contributed by atoms with Gasteiger partial charge in [-0.3, -0.25) is 0 Å². The van der Waals surface area contributed by atoms with E-state index in [1.807, 2.05) is 0 Å². The van der Waals surface area contributed by atoms with Crippen LogP contribution in [0.4, 0.5) is 18.9 Å². The summed E-state index contributed by atoms with van der Waals surface area (Å²) in [6.07, 6.45) is 1.18. The van der Waals surface area contributed by atoms with Crippen LogP contribution in [0.25, 0.3) is 0 Å². The number of halogens is 3. The highest BCUT2D eigenvalue weighted by atomic mass is 19.2. The fourth-order valence-electron chi connectivity index (χ4n) is 0.747. The molecule has 64 valence electrons. The van der Waals surface area contributed by atoms with Crippen molar-refractivity contribution in [2.45, 2.75) is 0 Å². The van der Waals surface area contributed by atoms with E-state index in [9.17, 15) is 13.2 Å². The van der Waals surface area contributed by atoms with Crippen molar-refractivity contribution in [1.29, 1.82) is 0 Å². The van der Waals surface area contributed by atoms with Gasteiger partial charge < -0.3 is 5.32 Å². The number of rotatable bonds is 2. The summed E-state index contributed by atoms with van der Waals surface area (Å²) < 4.78 is 37.5. The van der Waals surface area contributed by atoms with Crippen molar-refractivity contribution in [2.24, 2.45) is 0 Å². The smallest absolute Gasteiger partial charge is 0.196 e. The minimum Gasteiger partial charge on any atom is -0.360 e. The molecule has 0 radical (unpaired) electrons. The lowest BCUT2D eigenvalue weighted by Crippen LogP contribution is -1.96. The second-order valence-corrected chi connectivity index (χ2v) is 2.07. The lowest BCUT2D eigenvalue weighted by Gasteiger charge is -2.02. The van der Waals surface area contributed by atoms with Crippen LogP contribution in [0.1, 0.15) is 0 Å². The zero-order valence-corrected chi connectivity index (χ0v) is 6.07. The molecule has 1 nitrogen and oxygen atoms in total. The lowest BCUT2D eigenvalue weighted by atomic mass is 10.3. The molecule has 0 aliphatic heterocycles. The molecular formula is C8H6F3N. The van der Waals surface area contributed by atoms with Gasteiger partial charge in [0.25, 0.3) is 0 Å². The van der Waals surface area contributed by atoms with Crippen molar-refractivity contribution >= 4 is 5.69 Å². The Hall–Kier alpha value is -1.45. The van der Waals surface area contributed by atoms with Crippen LogP contribution < -0.4 is 5.32 Å². The van der Waals surface area contributed by atoms with Gasteiger partial charge in [-0.05, 0) is 18.3 Å². The van der Waals surface area contributed by atoms with E-state index in [1.165, 1.54) is 6.20 Å². The standard InChI is InChI=1S/C8H6F3N/c1-2-12-6-4-3-5(9)7(10)8(6)11/h2-4,12H,1H2. The minimum absolute atomic E-state index is 0.135.